The maximum atomic E-state index is 4.61. The number of benzene rings is 1. The zero-order valence-corrected chi connectivity index (χ0v) is 12.7. The number of hydrogen-bond acceptors (Lipinski definition) is 5. The lowest BCUT2D eigenvalue weighted by molar-refractivity contribution is 0.881. The molecule has 2 aromatic heterocycles. The van der Waals surface area contributed by atoms with Crippen molar-refractivity contribution in [1.82, 2.24) is 25.6 Å². The molecule has 106 valence electrons. The van der Waals surface area contributed by atoms with Crippen LogP contribution in [0.2, 0.25) is 0 Å². The molecule has 0 amide bonds. The lowest BCUT2D eigenvalue weighted by Gasteiger charge is -2.05. The normalized spacial score (nSPS) is 10.8. The van der Waals surface area contributed by atoms with E-state index in [0.29, 0.717) is 5.82 Å². The molecule has 3 aromatic rings. The Bertz CT molecular complexity index is 773. The van der Waals surface area contributed by atoms with Crippen molar-refractivity contribution in [2.45, 2.75) is 20.3 Å². The van der Waals surface area contributed by atoms with E-state index in [4.69, 9.17) is 0 Å². The molecular formula is C15H15N5S. The number of nitrogens with one attached hydrogen (secondary N) is 1. The van der Waals surface area contributed by atoms with Crippen molar-refractivity contribution in [2.75, 3.05) is 0 Å². The molecule has 0 fully saturated rings. The molecule has 1 aromatic carbocycles. The molecule has 3 rings (SSSR count). The van der Waals surface area contributed by atoms with Crippen LogP contribution in [0.3, 0.4) is 0 Å². The molecule has 0 spiro atoms. The van der Waals surface area contributed by atoms with E-state index in [0.717, 1.165) is 27.6 Å². The number of tetrazole rings is 1. The Balaban J connectivity index is 1.95. The van der Waals surface area contributed by atoms with Gasteiger partial charge in [0.15, 0.2) is 0 Å². The summed E-state index contributed by atoms with van der Waals surface area (Å²) < 4.78 is 0. The number of hydrogen-bond donors (Lipinski definition) is 1. The summed E-state index contributed by atoms with van der Waals surface area (Å²) in [6.07, 6.45) is 2.63. The molecule has 0 saturated heterocycles. The average molecular weight is 297 g/mol. The summed E-state index contributed by atoms with van der Waals surface area (Å²) in [6, 6.07) is 6.37. The van der Waals surface area contributed by atoms with E-state index < -0.39 is 0 Å². The quantitative estimate of drug-likeness (QED) is 0.803. The van der Waals surface area contributed by atoms with Crippen LogP contribution in [0.5, 0.6) is 0 Å². The Labute approximate surface area is 126 Å². The van der Waals surface area contributed by atoms with Crippen molar-refractivity contribution in [3.8, 4) is 10.7 Å². The molecule has 1 N–H and O–H groups in total. The van der Waals surface area contributed by atoms with Crippen LogP contribution >= 0.6 is 11.3 Å². The summed E-state index contributed by atoms with van der Waals surface area (Å²) in [6.45, 7) is 7.90. The van der Waals surface area contributed by atoms with Gasteiger partial charge in [-0.05, 0) is 35.8 Å². The predicted octanol–water partition coefficient (Wildman–Crippen LogP) is 3.17. The zero-order chi connectivity index (χ0) is 14.8. The molecule has 21 heavy (non-hydrogen) atoms. The maximum Gasteiger partial charge on any atom is 0.216 e. The lowest BCUT2D eigenvalue weighted by atomic mass is 10.0. The summed E-state index contributed by atoms with van der Waals surface area (Å²) in [5, 5.41) is 15.2. The molecule has 2 heterocycles. The smallest absolute Gasteiger partial charge is 0.216 e. The molecule has 6 heteroatoms. The summed E-state index contributed by atoms with van der Waals surface area (Å²) in [4.78, 5) is 5.59. The number of nitrogens with zero attached hydrogens (tertiary/aromatic N) is 4. The number of rotatable bonds is 4. The van der Waals surface area contributed by atoms with Crippen LogP contribution in [0, 0.1) is 13.8 Å². The zero-order valence-electron chi connectivity index (χ0n) is 11.9. The second-order valence-corrected chi connectivity index (χ2v) is 6.02. The van der Waals surface area contributed by atoms with Gasteiger partial charge in [0, 0.05) is 6.42 Å². The molecular weight excluding hydrogens is 282 g/mol. The lowest BCUT2D eigenvalue weighted by Crippen LogP contribution is -1.94. The SMILES string of the molecule is C=Cc1ccc(Cc2nc(C)sc2-c2nn[nH]n2)cc1C. The first-order valence-electron chi connectivity index (χ1n) is 6.59. The third-order valence-electron chi connectivity index (χ3n) is 3.28. The first-order valence-corrected chi connectivity index (χ1v) is 7.41. The fourth-order valence-electron chi connectivity index (χ4n) is 2.29. The van der Waals surface area contributed by atoms with Crippen molar-refractivity contribution in [1.29, 1.82) is 0 Å². The van der Waals surface area contributed by atoms with Crippen LogP contribution in [0.4, 0.5) is 0 Å². The third-order valence-corrected chi connectivity index (χ3v) is 4.29. The Morgan fingerprint density at radius 1 is 1.33 bits per heavy atom. The first-order chi connectivity index (χ1) is 10.2. The van der Waals surface area contributed by atoms with E-state index in [-0.39, 0.29) is 0 Å². The predicted molar refractivity (Wildman–Crippen MR) is 84.1 cm³/mol. The van der Waals surface area contributed by atoms with Gasteiger partial charge in [0.1, 0.15) is 0 Å². The van der Waals surface area contributed by atoms with Gasteiger partial charge in [0.05, 0.1) is 15.6 Å². The van der Waals surface area contributed by atoms with Crippen molar-refractivity contribution >= 4 is 17.4 Å². The van der Waals surface area contributed by atoms with Crippen molar-refractivity contribution in [3.63, 3.8) is 0 Å². The van der Waals surface area contributed by atoms with Gasteiger partial charge < -0.3 is 0 Å². The van der Waals surface area contributed by atoms with E-state index in [2.05, 4.69) is 57.3 Å². The fraction of sp³-hybridized carbons (Fsp3) is 0.200. The summed E-state index contributed by atoms with van der Waals surface area (Å²) in [5.41, 5.74) is 4.58. The minimum absolute atomic E-state index is 0.607. The summed E-state index contributed by atoms with van der Waals surface area (Å²) >= 11 is 1.59. The Morgan fingerprint density at radius 3 is 2.86 bits per heavy atom. The summed E-state index contributed by atoms with van der Waals surface area (Å²) in [7, 11) is 0. The van der Waals surface area contributed by atoms with Crippen LogP contribution in [0.1, 0.15) is 27.4 Å². The minimum atomic E-state index is 0.607. The molecule has 0 aliphatic rings. The van der Waals surface area contributed by atoms with E-state index in [1.54, 1.807) is 11.3 Å². The topological polar surface area (TPSA) is 67.3 Å². The largest absolute Gasteiger partial charge is 0.245 e. The Kier molecular flexibility index (Phi) is 3.62. The number of aryl methyl sites for hydroxylation is 2. The first kappa shape index (κ1) is 13.6. The Hall–Kier alpha value is -2.34. The molecule has 0 saturated carbocycles. The second-order valence-electron chi connectivity index (χ2n) is 4.82. The number of aromatic nitrogens is 5. The van der Waals surface area contributed by atoms with Gasteiger partial charge in [-0.2, -0.15) is 5.21 Å². The van der Waals surface area contributed by atoms with Gasteiger partial charge in [0.2, 0.25) is 5.82 Å². The van der Waals surface area contributed by atoms with Gasteiger partial charge in [-0.3, -0.25) is 0 Å². The van der Waals surface area contributed by atoms with Crippen molar-refractivity contribution < 1.29 is 0 Å². The van der Waals surface area contributed by atoms with Crippen molar-refractivity contribution in [3.05, 3.63) is 52.2 Å². The van der Waals surface area contributed by atoms with Crippen LogP contribution in [0.25, 0.3) is 16.8 Å². The van der Waals surface area contributed by atoms with E-state index >= 15 is 0 Å². The van der Waals surface area contributed by atoms with Crippen LogP contribution in [0.15, 0.2) is 24.8 Å². The van der Waals surface area contributed by atoms with Gasteiger partial charge in [-0.1, -0.05) is 30.9 Å². The molecule has 0 aliphatic heterocycles. The van der Waals surface area contributed by atoms with Crippen LogP contribution in [-0.2, 0) is 6.42 Å². The highest BCUT2D eigenvalue weighted by molar-refractivity contribution is 7.15. The number of aromatic amines is 1. The van der Waals surface area contributed by atoms with E-state index in [9.17, 15) is 0 Å². The molecule has 0 radical (unpaired) electrons. The highest BCUT2D eigenvalue weighted by atomic mass is 32.1. The van der Waals surface area contributed by atoms with Gasteiger partial charge in [0.25, 0.3) is 0 Å². The number of thiazole rings is 1. The van der Waals surface area contributed by atoms with Crippen molar-refractivity contribution in [2.24, 2.45) is 0 Å². The van der Waals surface area contributed by atoms with Gasteiger partial charge in [-0.15, -0.1) is 21.5 Å². The van der Waals surface area contributed by atoms with Crippen LogP contribution in [-0.4, -0.2) is 25.6 Å². The summed E-state index contributed by atoms with van der Waals surface area (Å²) in [5.74, 6) is 0.607. The van der Waals surface area contributed by atoms with Gasteiger partial charge in [-0.25, -0.2) is 4.98 Å². The molecule has 5 nitrogen and oxygen atoms in total. The number of H-pyrrole nitrogens is 1. The second kappa shape index (κ2) is 5.57. The molecule has 0 bridgehead atoms. The molecule has 0 aliphatic carbocycles. The maximum absolute atomic E-state index is 4.61. The van der Waals surface area contributed by atoms with E-state index in [1.807, 2.05) is 13.0 Å². The minimum Gasteiger partial charge on any atom is -0.245 e. The monoisotopic (exact) mass is 297 g/mol. The molecule has 0 atom stereocenters. The standard InChI is InChI=1S/C15H15N5S/c1-4-12-6-5-11(7-9(12)2)8-13-14(21-10(3)16-13)15-17-19-20-18-15/h4-7H,1,8H2,2-3H3,(H,17,18,19,20). The highest BCUT2D eigenvalue weighted by Gasteiger charge is 2.15. The third kappa shape index (κ3) is 2.75. The highest BCUT2D eigenvalue weighted by Crippen LogP contribution is 2.29. The fourth-order valence-corrected chi connectivity index (χ4v) is 3.16. The molecule has 0 unspecified atom stereocenters. The average Bonchev–Trinajstić information content (AvgIpc) is 3.08. The van der Waals surface area contributed by atoms with Gasteiger partial charge >= 0.3 is 0 Å². The van der Waals surface area contributed by atoms with Crippen LogP contribution < -0.4 is 0 Å². The Morgan fingerprint density at radius 2 is 2.19 bits per heavy atom. The van der Waals surface area contributed by atoms with E-state index in [1.165, 1.54) is 11.1 Å².